The first-order chi connectivity index (χ1) is 15.7. The molecule has 8 heteroatoms. The largest absolute Gasteiger partial charge is 0.497 e. The summed E-state index contributed by atoms with van der Waals surface area (Å²) < 4.78 is 16.7. The Morgan fingerprint density at radius 3 is 2.75 bits per heavy atom. The molecule has 1 aliphatic rings. The van der Waals surface area contributed by atoms with Gasteiger partial charge in [-0.1, -0.05) is 12.1 Å². The van der Waals surface area contributed by atoms with Crippen molar-refractivity contribution in [2.24, 2.45) is 0 Å². The molecule has 0 radical (unpaired) electrons. The Hall–Kier alpha value is -4.07. The fraction of sp³-hybridized carbons (Fsp3) is 0.208. The van der Waals surface area contributed by atoms with Gasteiger partial charge in [0.1, 0.15) is 17.3 Å². The van der Waals surface area contributed by atoms with Gasteiger partial charge in [0.2, 0.25) is 5.88 Å². The van der Waals surface area contributed by atoms with Crippen molar-refractivity contribution in [2.45, 2.75) is 12.5 Å². The predicted molar refractivity (Wildman–Crippen MR) is 120 cm³/mol. The molecule has 1 aliphatic heterocycles. The highest BCUT2D eigenvalue weighted by Gasteiger charge is 2.35. The van der Waals surface area contributed by atoms with Gasteiger partial charge in [0.15, 0.2) is 6.10 Å². The van der Waals surface area contributed by atoms with Crippen LogP contribution in [0.2, 0.25) is 0 Å². The van der Waals surface area contributed by atoms with Gasteiger partial charge in [0.25, 0.3) is 5.91 Å². The number of nitrogens with one attached hydrogen (secondary N) is 1. The van der Waals surface area contributed by atoms with Gasteiger partial charge in [-0.05, 0) is 42.0 Å². The molecular weight excluding hydrogens is 408 g/mol. The summed E-state index contributed by atoms with van der Waals surface area (Å²) in [5, 5.41) is 8.01. The zero-order valence-corrected chi connectivity index (χ0v) is 17.7. The van der Waals surface area contributed by atoms with Crippen LogP contribution >= 0.6 is 0 Å². The number of fused-ring (bicyclic) bond motifs is 1. The number of carbonyl (C=O) groups is 1. The van der Waals surface area contributed by atoms with Gasteiger partial charge in [0, 0.05) is 30.0 Å². The van der Waals surface area contributed by atoms with Gasteiger partial charge in [-0.2, -0.15) is 10.1 Å². The van der Waals surface area contributed by atoms with E-state index >= 15 is 0 Å². The minimum absolute atomic E-state index is 0.130. The Balaban J connectivity index is 1.38. The lowest BCUT2D eigenvalue weighted by Crippen LogP contribution is -2.32. The number of pyridine rings is 1. The maximum Gasteiger partial charge on any atom is 0.269 e. The van der Waals surface area contributed by atoms with Crippen molar-refractivity contribution in [1.82, 2.24) is 15.2 Å². The van der Waals surface area contributed by atoms with Crippen LogP contribution in [-0.4, -0.2) is 48.0 Å². The summed E-state index contributed by atoms with van der Waals surface area (Å²) in [5.41, 5.74) is 2.76. The molecule has 1 unspecified atom stereocenters. The van der Waals surface area contributed by atoms with Gasteiger partial charge in [-0.15, -0.1) is 0 Å². The lowest BCUT2D eigenvalue weighted by atomic mass is 10.1. The van der Waals surface area contributed by atoms with E-state index in [4.69, 9.17) is 14.2 Å². The standard InChI is InChI=1S/C24H22N4O4/c1-30-17-4-3-5-18(13-17)32-21-10-11-28(24(21)29)22-9-7-19(23(26-22)31-2)15-6-8-20-16(12-15)14-25-27-20/h3-9,12-14,21H,10-11H2,1-2H3,(H,25,27). The highest BCUT2D eigenvalue weighted by molar-refractivity contribution is 5.98. The number of aromatic nitrogens is 3. The minimum atomic E-state index is -0.571. The van der Waals surface area contributed by atoms with Gasteiger partial charge >= 0.3 is 0 Å². The number of nitrogens with zero attached hydrogens (tertiary/aromatic N) is 3. The fourth-order valence-electron chi connectivity index (χ4n) is 3.90. The molecule has 2 aromatic carbocycles. The summed E-state index contributed by atoms with van der Waals surface area (Å²) in [6.07, 6.45) is 1.77. The first-order valence-electron chi connectivity index (χ1n) is 10.3. The van der Waals surface area contributed by atoms with Crippen molar-refractivity contribution in [3.63, 3.8) is 0 Å². The van der Waals surface area contributed by atoms with Crippen molar-refractivity contribution >= 4 is 22.6 Å². The molecular formula is C24H22N4O4. The monoisotopic (exact) mass is 430 g/mol. The second-order valence-corrected chi connectivity index (χ2v) is 7.46. The lowest BCUT2D eigenvalue weighted by molar-refractivity contribution is -0.122. The molecule has 0 bridgehead atoms. The Kier molecular flexibility index (Phi) is 5.10. The first-order valence-corrected chi connectivity index (χ1v) is 10.3. The SMILES string of the molecule is COc1cccc(OC2CCN(c3ccc(-c4ccc5[nH]ncc5c4)c(OC)n3)C2=O)c1. The molecule has 1 atom stereocenters. The molecule has 1 fully saturated rings. The van der Waals surface area contributed by atoms with Gasteiger partial charge in [-0.25, -0.2) is 0 Å². The number of hydrogen-bond donors (Lipinski definition) is 1. The van der Waals surface area contributed by atoms with E-state index in [2.05, 4.69) is 15.2 Å². The summed E-state index contributed by atoms with van der Waals surface area (Å²) >= 11 is 0. The first kappa shape index (κ1) is 19.9. The maximum atomic E-state index is 13.0. The number of methoxy groups -OCH3 is 2. The third-order valence-electron chi connectivity index (χ3n) is 5.54. The number of rotatable bonds is 6. The van der Waals surface area contributed by atoms with Crippen LogP contribution in [0.4, 0.5) is 5.82 Å². The summed E-state index contributed by atoms with van der Waals surface area (Å²) in [4.78, 5) is 19.3. The Morgan fingerprint density at radius 2 is 1.91 bits per heavy atom. The van der Waals surface area contributed by atoms with Crippen molar-refractivity contribution in [2.75, 3.05) is 25.7 Å². The summed E-state index contributed by atoms with van der Waals surface area (Å²) in [6, 6.07) is 17.0. The maximum absolute atomic E-state index is 13.0. The number of H-pyrrole nitrogens is 1. The van der Waals surface area contributed by atoms with E-state index < -0.39 is 6.10 Å². The lowest BCUT2D eigenvalue weighted by Gasteiger charge is -2.18. The van der Waals surface area contributed by atoms with Crippen LogP contribution in [0.5, 0.6) is 17.4 Å². The number of anilines is 1. The number of carbonyl (C=O) groups excluding carboxylic acids is 1. The average Bonchev–Trinajstić information content (AvgIpc) is 3.45. The van der Waals surface area contributed by atoms with Crippen LogP contribution in [0.25, 0.3) is 22.0 Å². The Labute approximate surface area is 184 Å². The quantitative estimate of drug-likeness (QED) is 0.500. The highest BCUT2D eigenvalue weighted by Crippen LogP contribution is 2.33. The Morgan fingerprint density at radius 1 is 1.03 bits per heavy atom. The average molecular weight is 430 g/mol. The van der Waals surface area contributed by atoms with Crippen LogP contribution < -0.4 is 19.1 Å². The van der Waals surface area contributed by atoms with Gasteiger partial charge in [0.05, 0.1) is 25.9 Å². The van der Waals surface area contributed by atoms with E-state index in [0.717, 1.165) is 22.0 Å². The molecule has 0 spiro atoms. The molecule has 8 nitrogen and oxygen atoms in total. The number of benzene rings is 2. The van der Waals surface area contributed by atoms with Crippen LogP contribution in [0, 0.1) is 0 Å². The van der Waals surface area contributed by atoms with Crippen LogP contribution in [0.15, 0.2) is 60.8 Å². The summed E-state index contributed by atoms with van der Waals surface area (Å²) in [6.45, 7) is 0.518. The van der Waals surface area contributed by atoms with E-state index in [1.165, 1.54) is 0 Å². The normalized spacial score (nSPS) is 15.9. The molecule has 162 valence electrons. The van der Waals surface area contributed by atoms with E-state index in [1.807, 2.05) is 48.5 Å². The number of hydrogen-bond acceptors (Lipinski definition) is 6. The number of aromatic amines is 1. The van der Waals surface area contributed by atoms with E-state index in [1.54, 1.807) is 31.4 Å². The number of ether oxygens (including phenoxy) is 3. The second-order valence-electron chi connectivity index (χ2n) is 7.46. The zero-order valence-electron chi connectivity index (χ0n) is 17.7. The molecule has 4 aromatic rings. The smallest absolute Gasteiger partial charge is 0.269 e. The van der Waals surface area contributed by atoms with E-state index in [0.29, 0.717) is 36.2 Å². The van der Waals surface area contributed by atoms with Gasteiger partial charge in [-0.3, -0.25) is 14.8 Å². The topological polar surface area (TPSA) is 89.6 Å². The highest BCUT2D eigenvalue weighted by atomic mass is 16.5. The van der Waals surface area contributed by atoms with Crippen molar-refractivity contribution in [3.8, 4) is 28.5 Å². The molecule has 1 saturated heterocycles. The van der Waals surface area contributed by atoms with Crippen LogP contribution in [0.1, 0.15) is 6.42 Å². The van der Waals surface area contributed by atoms with Crippen molar-refractivity contribution < 1.29 is 19.0 Å². The fourth-order valence-corrected chi connectivity index (χ4v) is 3.90. The zero-order chi connectivity index (χ0) is 22.1. The summed E-state index contributed by atoms with van der Waals surface area (Å²) in [5.74, 6) is 2.14. The van der Waals surface area contributed by atoms with Crippen molar-refractivity contribution in [3.05, 3.63) is 60.8 Å². The molecule has 0 aliphatic carbocycles. The second kappa shape index (κ2) is 8.22. The molecule has 5 rings (SSSR count). The van der Waals surface area contributed by atoms with Crippen LogP contribution in [-0.2, 0) is 4.79 Å². The molecule has 2 aromatic heterocycles. The van der Waals surface area contributed by atoms with E-state index in [9.17, 15) is 4.79 Å². The summed E-state index contributed by atoms with van der Waals surface area (Å²) in [7, 11) is 3.17. The molecule has 1 N–H and O–H groups in total. The predicted octanol–water partition coefficient (Wildman–Crippen LogP) is 3.83. The number of amides is 1. The molecule has 0 saturated carbocycles. The van der Waals surface area contributed by atoms with Crippen molar-refractivity contribution in [1.29, 1.82) is 0 Å². The minimum Gasteiger partial charge on any atom is -0.497 e. The molecule has 32 heavy (non-hydrogen) atoms. The third kappa shape index (κ3) is 3.60. The molecule has 1 amide bonds. The van der Waals surface area contributed by atoms with Gasteiger partial charge < -0.3 is 14.2 Å². The third-order valence-corrected chi connectivity index (χ3v) is 5.54. The van der Waals surface area contributed by atoms with E-state index in [-0.39, 0.29) is 5.91 Å². The van der Waals surface area contributed by atoms with Crippen LogP contribution in [0.3, 0.4) is 0 Å². The molecule has 3 heterocycles. The Bertz CT molecular complexity index is 1290.